The summed E-state index contributed by atoms with van der Waals surface area (Å²) >= 11 is -4.44. The van der Waals surface area contributed by atoms with Crippen LogP contribution < -0.4 is 0 Å². The van der Waals surface area contributed by atoms with E-state index >= 15 is 0 Å². The Balaban J connectivity index is 1.47. The Kier molecular flexibility index (Phi) is 8.43. The van der Waals surface area contributed by atoms with Crippen molar-refractivity contribution in [3.63, 3.8) is 0 Å². The second-order valence-electron chi connectivity index (χ2n) is 16.3. The van der Waals surface area contributed by atoms with E-state index < -0.39 is 19.1 Å². The van der Waals surface area contributed by atoms with E-state index in [2.05, 4.69) is 166 Å². The van der Waals surface area contributed by atoms with Gasteiger partial charge in [-0.1, -0.05) is 0 Å². The summed E-state index contributed by atoms with van der Waals surface area (Å²) in [7, 11) is 16.9. The van der Waals surface area contributed by atoms with E-state index in [9.17, 15) is 0 Å². The van der Waals surface area contributed by atoms with Crippen LogP contribution in [0, 0.1) is 0 Å². The van der Waals surface area contributed by atoms with Crippen molar-refractivity contribution in [2.45, 2.75) is 87.8 Å². The molecule has 0 fully saturated rings. The van der Waals surface area contributed by atoms with Gasteiger partial charge in [0.1, 0.15) is 0 Å². The van der Waals surface area contributed by atoms with Gasteiger partial charge in [0.2, 0.25) is 0 Å². The molecule has 0 bridgehead atoms. The zero-order valence-electron chi connectivity index (χ0n) is 29.2. The molecule has 2 aliphatic rings. The quantitative estimate of drug-likeness (QED) is 0.182. The molecule has 239 valence electrons. The SMILES string of the molecule is CC1=Cc2c(-c3ccc(C(C)(C)C)cc3)cccc2[CH]1[Ti]([Cl])([Cl])([CH]1C(C)=Cc2c(-c3ccc(C(C)(C)C)cc3)cccc21)[SiH](C)C. The van der Waals surface area contributed by atoms with Crippen molar-refractivity contribution in [1.82, 2.24) is 0 Å². The van der Waals surface area contributed by atoms with Gasteiger partial charge in [0.05, 0.1) is 0 Å². The Labute approximate surface area is 287 Å². The van der Waals surface area contributed by atoms with Gasteiger partial charge < -0.3 is 0 Å². The minimum absolute atomic E-state index is 0.0739. The third-order valence-corrected chi connectivity index (χ3v) is 46.4. The molecule has 4 aromatic rings. The molecule has 0 heterocycles. The number of fused-ring (bicyclic) bond motifs is 2. The molecule has 2 atom stereocenters. The number of hydrogen-bond donors (Lipinski definition) is 0. The van der Waals surface area contributed by atoms with Crippen LogP contribution in [0.25, 0.3) is 34.4 Å². The van der Waals surface area contributed by atoms with Gasteiger partial charge in [0.15, 0.2) is 0 Å². The molecule has 2 unspecified atom stereocenters. The average molecular weight is 701 g/mol. The molecule has 4 aromatic carbocycles. The molecule has 0 amide bonds. The predicted octanol–water partition coefficient (Wildman–Crippen LogP) is 13.2. The molecular weight excluding hydrogens is 651 g/mol. The zero-order valence-corrected chi connectivity index (χ0v) is 33.5. The number of hydrogen-bond acceptors (Lipinski definition) is 0. The molecule has 0 radical (unpaired) electrons. The topological polar surface area (TPSA) is 0 Å². The van der Waals surface area contributed by atoms with Gasteiger partial charge in [0, 0.05) is 0 Å². The van der Waals surface area contributed by atoms with Crippen LogP contribution in [-0.4, -0.2) is 6.66 Å². The Morgan fingerprint density at radius 1 is 0.543 bits per heavy atom. The fraction of sp³-hybridized carbons (Fsp3) is 0.333. The van der Waals surface area contributed by atoms with Gasteiger partial charge >= 0.3 is 289 Å². The van der Waals surface area contributed by atoms with Crippen LogP contribution in [0.5, 0.6) is 0 Å². The first kappa shape index (κ1) is 33.8. The van der Waals surface area contributed by atoms with Crippen molar-refractivity contribution in [2.24, 2.45) is 0 Å². The van der Waals surface area contributed by atoms with Crippen LogP contribution >= 0.6 is 18.6 Å². The first-order valence-corrected chi connectivity index (χ1v) is 28.5. The summed E-state index contributed by atoms with van der Waals surface area (Å²) in [4.78, 5) is 0. The Morgan fingerprint density at radius 2 is 0.891 bits per heavy atom. The second-order valence-corrected chi connectivity index (χ2v) is 45.5. The van der Waals surface area contributed by atoms with Crippen LogP contribution in [0.15, 0.2) is 96.1 Å². The zero-order chi connectivity index (χ0) is 33.4. The predicted molar refractivity (Wildman–Crippen MR) is 205 cm³/mol. The van der Waals surface area contributed by atoms with Crippen molar-refractivity contribution in [1.29, 1.82) is 0 Å². The van der Waals surface area contributed by atoms with Crippen molar-refractivity contribution in [3.8, 4) is 22.3 Å². The first-order valence-electron chi connectivity index (χ1n) is 16.8. The molecule has 0 saturated heterocycles. The van der Waals surface area contributed by atoms with Crippen LogP contribution in [-0.2, 0) is 23.3 Å². The number of benzene rings is 4. The Bertz CT molecular complexity index is 1750. The summed E-state index contributed by atoms with van der Waals surface area (Å²) < 4.78 is 0.148. The maximum atomic E-state index is 8.46. The van der Waals surface area contributed by atoms with Gasteiger partial charge in [-0.2, -0.15) is 0 Å². The summed E-state index contributed by atoms with van der Waals surface area (Å²) in [5.41, 5.74) is 15.9. The molecule has 0 spiro atoms. The first-order chi connectivity index (χ1) is 21.4. The maximum absolute atomic E-state index is 8.46. The molecule has 2 aliphatic carbocycles. The minimum atomic E-state index is -4.44. The summed E-state index contributed by atoms with van der Waals surface area (Å²) in [6, 6.07) is 31.9. The standard InChI is InChI=1S/2C20H21.C2H7Si.2ClH.Ti/c2*1-14-12-16-6-5-7-18(19(16)13-14)15-8-10-17(11-9-15)20(2,3)4;1-3-2;;;/h2*5-13H,1-4H3;3H,1-2H3;2*1H;/q;;;;;+2/p-2. The molecule has 0 saturated carbocycles. The van der Waals surface area contributed by atoms with E-state index in [4.69, 9.17) is 18.6 Å². The molecular formula is C42H49Cl2SiTi. The van der Waals surface area contributed by atoms with Crippen molar-refractivity contribution in [2.75, 3.05) is 0 Å². The summed E-state index contributed by atoms with van der Waals surface area (Å²) in [5, 5.41) is 0. The van der Waals surface area contributed by atoms with E-state index in [1.807, 2.05) is 0 Å². The molecule has 6 rings (SSSR count). The monoisotopic (exact) mass is 699 g/mol. The van der Waals surface area contributed by atoms with E-state index in [-0.39, 0.29) is 19.3 Å². The number of allylic oxidation sites excluding steroid dienone is 2. The van der Waals surface area contributed by atoms with Crippen molar-refractivity contribution in [3.05, 3.63) is 129 Å². The normalized spacial score (nSPS) is 18.9. The van der Waals surface area contributed by atoms with Crippen LogP contribution in [0.4, 0.5) is 0 Å². The van der Waals surface area contributed by atoms with E-state index in [1.165, 1.54) is 66.8 Å². The van der Waals surface area contributed by atoms with Crippen LogP contribution in [0.3, 0.4) is 0 Å². The fourth-order valence-corrected chi connectivity index (χ4v) is 30.3. The van der Waals surface area contributed by atoms with Crippen molar-refractivity contribution < 1.29 is 12.4 Å². The summed E-state index contributed by atoms with van der Waals surface area (Å²) in [5.74, 6) is 0. The summed E-state index contributed by atoms with van der Waals surface area (Å²) in [6.45, 7) is 21.4. The van der Waals surface area contributed by atoms with Crippen molar-refractivity contribution >= 4 is 37.4 Å². The molecule has 46 heavy (non-hydrogen) atoms. The van der Waals surface area contributed by atoms with Gasteiger partial charge in [0.25, 0.3) is 0 Å². The molecule has 4 heteroatoms. The van der Waals surface area contributed by atoms with Crippen LogP contribution in [0.2, 0.25) is 13.1 Å². The van der Waals surface area contributed by atoms with E-state index in [0.717, 1.165) is 0 Å². The number of rotatable bonds is 5. The van der Waals surface area contributed by atoms with Gasteiger partial charge in [-0.3, -0.25) is 0 Å². The molecule has 0 nitrogen and oxygen atoms in total. The average Bonchev–Trinajstić information content (AvgIpc) is 3.52. The second kappa shape index (κ2) is 11.5. The third kappa shape index (κ3) is 5.39. The Hall–Kier alpha value is -2.13. The van der Waals surface area contributed by atoms with E-state index in [1.54, 1.807) is 0 Å². The van der Waals surface area contributed by atoms with Gasteiger partial charge in [-0.25, -0.2) is 0 Å². The fourth-order valence-electron chi connectivity index (χ4n) is 8.20. The molecule has 0 aliphatic heterocycles. The molecule has 0 aromatic heterocycles. The Morgan fingerprint density at radius 3 is 1.20 bits per heavy atom. The number of halogens is 2. The summed E-state index contributed by atoms with van der Waals surface area (Å²) in [6.07, 6.45) is 4.80. The molecule has 0 N–H and O–H groups in total. The van der Waals surface area contributed by atoms with Crippen LogP contribution in [0.1, 0.15) is 97.2 Å². The van der Waals surface area contributed by atoms with E-state index in [0.29, 0.717) is 0 Å². The van der Waals surface area contributed by atoms with Gasteiger partial charge in [-0.05, 0) is 0 Å². The van der Waals surface area contributed by atoms with Gasteiger partial charge in [-0.15, -0.1) is 0 Å². The third-order valence-electron chi connectivity index (χ3n) is 10.9.